The molecule has 0 radical (unpaired) electrons. The Morgan fingerprint density at radius 1 is 1.00 bits per heavy atom. The van der Waals surface area contributed by atoms with Crippen molar-refractivity contribution < 1.29 is 8.42 Å². The second-order valence-corrected chi connectivity index (χ2v) is 7.55. The number of rotatable bonds is 4. The van der Waals surface area contributed by atoms with E-state index in [-0.39, 0.29) is 0 Å². The minimum Gasteiger partial charge on any atom is -0.329 e. The number of nitrogens with zero attached hydrogens (tertiary/aromatic N) is 3. The molecule has 2 N–H and O–H groups in total. The van der Waals surface area contributed by atoms with E-state index in [4.69, 9.17) is 5.73 Å². The van der Waals surface area contributed by atoms with Crippen LogP contribution in [-0.2, 0) is 10.2 Å². The summed E-state index contributed by atoms with van der Waals surface area (Å²) in [7, 11) is -3.24. The molecule has 0 saturated carbocycles. The van der Waals surface area contributed by atoms with Crippen molar-refractivity contribution in [3.8, 4) is 0 Å². The average Bonchev–Trinajstić information content (AvgIpc) is 2.40. The summed E-state index contributed by atoms with van der Waals surface area (Å²) in [6, 6.07) is 0. The minimum absolute atomic E-state index is 0.592. The van der Waals surface area contributed by atoms with Gasteiger partial charge in [-0.05, 0) is 18.8 Å². The van der Waals surface area contributed by atoms with Crippen LogP contribution in [0.5, 0.6) is 0 Å². The van der Waals surface area contributed by atoms with Gasteiger partial charge in [0.1, 0.15) is 0 Å². The predicted octanol–water partition coefficient (Wildman–Crippen LogP) is -0.461. The van der Waals surface area contributed by atoms with Crippen molar-refractivity contribution in [1.29, 1.82) is 0 Å². The first-order valence-corrected chi connectivity index (χ1v) is 8.61. The summed E-state index contributed by atoms with van der Waals surface area (Å²) >= 11 is 0. The van der Waals surface area contributed by atoms with Crippen LogP contribution in [0.1, 0.15) is 19.8 Å². The van der Waals surface area contributed by atoms with Crippen LogP contribution >= 0.6 is 0 Å². The molecule has 6 nitrogen and oxygen atoms in total. The van der Waals surface area contributed by atoms with Gasteiger partial charge in [0.2, 0.25) is 0 Å². The van der Waals surface area contributed by atoms with Crippen molar-refractivity contribution >= 4 is 10.2 Å². The summed E-state index contributed by atoms with van der Waals surface area (Å²) in [6.45, 7) is 7.80. The molecule has 0 aromatic heterocycles. The fourth-order valence-electron chi connectivity index (χ4n) is 2.75. The van der Waals surface area contributed by atoms with Crippen molar-refractivity contribution in [2.24, 2.45) is 11.7 Å². The molecule has 2 heterocycles. The fourth-order valence-corrected chi connectivity index (χ4v) is 4.37. The van der Waals surface area contributed by atoms with Crippen LogP contribution in [0, 0.1) is 5.92 Å². The lowest BCUT2D eigenvalue weighted by Gasteiger charge is -2.38. The minimum atomic E-state index is -3.24. The topological polar surface area (TPSA) is 69.9 Å². The lowest BCUT2D eigenvalue weighted by atomic mass is 10.0. The van der Waals surface area contributed by atoms with Gasteiger partial charge in [0.05, 0.1) is 0 Å². The Kier molecular flexibility index (Phi) is 5.19. The van der Waals surface area contributed by atoms with Gasteiger partial charge >= 0.3 is 0 Å². The van der Waals surface area contributed by atoms with Crippen LogP contribution in [0.4, 0.5) is 0 Å². The molecule has 19 heavy (non-hydrogen) atoms. The van der Waals surface area contributed by atoms with Crippen molar-refractivity contribution in [3.05, 3.63) is 0 Å². The van der Waals surface area contributed by atoms with E-state index in [9.17, 15) is 8.42 Å². The number of piperidine rings is 1. The van der Waals surface area contributed by atoms with Crippen LogP contribution < -0.4 is 5.73 Å². The van der Waals surface area contributed by atoms with Crippen LogP contribution in [0.3, 0.4) is 0 Å². The first-order chi connectivity index (χ1) is 9.04. The third kappa shape index (κ3) is 3.66. The van der Waals surface area contributed by atoms with E-state index in [1.54, 1.807) is 8.61 Å². The van der Waals surface area contributed by atoms with E-state index in [1.165, 1.54) is 0 Å². The molecule has 7 heteroatoms. The summed E-state index contributed by atoms with van der Waals surface area (Å²) in [4.78, 5) is 2.23. The number of hydrogen-bond donors (Lipinski definition) is 1. The van der Waals surface area contributed by atoms with Gasteiger partial charge in [-0.1, -0.05) is 6.92 Å². The molecule has 2 aliphatic heterocycles. The maximum atomic E-state index is 12.5. The molecule has 0 spiro atoms. The average molecular weight is 290 g/mol. The SMILES string of the molecule is CC1CCN(S(=O)(=O)N2CCN(CCN)CC2)CC1. The van der Waals surface area contributed by atoms with E-state index < -0.39 is 10.2 Å². The molecular weight excluding hydrogens is 264 g/mol. The predicted molar refractivity (Wildman–Crippen MR) is 76.0 cm³/mol. The van der Waals surface area contributed by atoms with E-state index in [2.05, 4.69) is 11.8 Å². The van der Waals surface area contributed by atoms with Gasteiger partial charge < -0.3 is 5.73 Å². The molecule has 0 aromatic rings. The van der Waals surface area contributed by atoms with E-state index in [0.717, 1.165) is 32.5 Å². The van der Waals surface area contributed by atoms with Crippen molar-refractivity contribution in [2.75, 3.05) is 52.4 Å². The number of piperazine rings is 1. The van der Waals surface area contributed by atoms with Gasteiger partial charge in [-0.2, -0.15) is 17.0 Å². The molecule has 112 valence electrons. The van der Waals surface area contributed by atoms with Crippen molar-refractivity contribution in [2.45, 2.75) is 19.8 Å². The highest BCUT2D eigenvalue weighted by atomic mass is 32.2. The highest BCUT2D eigenvalue weighted by molar-refractivity contribution is 7.86. The first kappa shape index (κ1) is 15.2. The Balaban J connectivity index is 1.90. The normalized spacial score (nSPS) is 25.8. The number of nitrogens with two attached hydrogens (primary N) is 1. The third-order valence-corrected chi connectivity index (χ3v) is 6.21. The smallest absolute Gasteiger partial charge is 0.282 e. The standard InChI is InChI=1S/C12H26N4O2S/c1-12-2-5-15(6-3-12)19(17,18)16-10-8-14(7-4-13)9-11-16/h12H,2-11,13H2,1H3. The zero-order chi connectivity index (χ0) is 13.9. The molecule has 0 amide bonds. The highest BCUT2D eigenvalue weighted by Crippen LogP contribution is 2.21. The Hall–Kier alpha value is -0.210. The molecule has 0 aliphatic carbocycles. The van der Waals surface area contributed by atoms with E-state index in [0.29, 0.717) is 38.6 Å². The summed E-state index contributed by atoms with van der Waals surface area (Å²) in [6.07, 6.45) is 1.96. The molecule has 0 aromatic carbocycles. The van der Waals surface area contributed by atoms with Gasteiger partial charge in [-0.15, -0.1) is 0 Å². The van der Waals surface area contributed by atoms with Gasteiger partial charge in [-0.25, -0.2) is 0 Å². The summed E-state index contributed by atoms with van der Waals surface area (Å²) in [5, 5.41) is 0. The molecule has 2 saturated heterocycles. The van der Waals surface area contributed by atoms with Crippen LogP contribution in [0.15, 0.2) is 0 Å². The first-order valence-electron chi connectivity index (χ1n) is 7.21. The van der Waals surface area contributed by atoms with E-state index in [1.807, 2.05) is 0 Å². The van der Waals surface area contributed by atoms with Gasteiger partial charge in [0.25, 0.3) is 10.2 Å². The van der Waals surface area contributed by atoms with Gasteiger partial charge in [0, 0.05) is 52.4 Å². The largest absolute Gasteiger partial charge is 0.329 e. The van der Waals surface area contributed by atoms with Crippen LogP contribution in [0.2, 0.25) is 0 Å². The summed E-state index contributed by atoms with van der Waals surface area (Å²) in [5.41, 5.74) is 5.53. The van der Waals surface area contributed by atoms with E-state index >= 15 is 0 Å². The zero-order valence-electron chi connectivity index (χ0n) is 11.8. The van der Waals surface area contributed by atoms with Gasteiger partial charge in [0.15, 0.2) is 0 Å². The molecule has 0 bridgehead atoms. The Morgan fingerprint density at radius 3 is 2.05 bits per heavy atom. The molecule has 0 atom stereocenters. The highest BCUT2D eigenvalue weighted by Gasteiger charge is 2.33. The van der Waals surface area contributed by atoms with Gasteiger partial charge in [-0.3, -0.25) is 4.90 Å². The lowest BCUT2D eigenvalue weighted by Crippen LogP contribution is -2.54. The fraction of sp³-hybridized carbons (Fsp3) is 1.00. The number of hydrogen-bond acceptors (Lipinski definition) is 4. The molecule has 0 unspecified atom stereocenters. The molecule has 2 rings (SSSR count). The monoisotopic (exact) mass is 290 g/mol. The second kappa shape index (κ2) is 6.49. The maximum absolute atomic E-state index is 12.5. The van der Waals surface area contributed by atoms with Crippen molar-refractivity contribution in [3.63, 3.8) is 0 Å². The Bertz CT molecular complexity index is 371. The van der Waals surface area contributed by atoms with Crippen molar-refractivity contribution in [1.82, 2.24) is 13.5 Å². The van der Waals surface area contributed by atoms with Crippen LogP contribution in [0.25, 0.3) is 0 Å². The Morgan fingerprint density at radius 2 is 1.53 bits per heavy atom. The Labute approximate surface area is 116 Å². The summed E-state index contributed by atoms with van der Waals surface area (Å²) in [5.74, 6) is 0.646. The second-order valence-electron chi connectivity index (χ2n) is 5.62. The maximum Gasteiger partial charge on any atom is 0.282 e. The molecule has 2 fully saturated rings. The third-order valence-electron chi connectivity index (χ3n) is 4.17. The van der Waals surface area contributed by atoms with Crippen LogP contribution in [-0.4, -0.2) is 74.3 Å². The zero-order valence-corrected chi connectivity index (χ0v) is 12.6. The molecular formula is C12H26N4O2S. The quantitative estimate of drug-likeness (QED) is 0.760. The molecule has 2 aliphatic rings. The lowest BCUT2D eigenvalue weighted by molar-refractivity contribution is 0.180. The summed E-state index contributed by atoms with van der Waals surface area (Å²) < 4.78 is 28.3.